The summed E-state index contributed by atoms with van der Waals surface area (Å²) in [6.45, 7) is 0.468. The summed E-state index contributed by atoms with van der Waals surface area (Å²) in [6.07, 6.45) is 5.04. The molecule has 1 N–H and O–H groups in total. The van der Waals surface area contributed by atoms with E-state index in [4.69, 9.17) is 0 Å². The average molecular weight is 329 g/mol. The summed E-state index contributed by atoms with van der Waals surface area (Å²) in [5.74, 6) is -0.566. The second-order valence-electron chi connectivity index (χ2n) is 5.51. The van der Waals surface area contributed by atoms with Crippen molar-refractivity contribution in [1.82, 2.24) is 15.2 Å². The Morgan fingerprint density at radius 1 is 1.21 bits per heavy atom. The molecule has 0 saturated heterocycles. The molecule has 0 spiro atoms. The average Bonchev–Trinajstić information content (AvgIpc) is 2.61. The van der Waals surface area contributed by atoms with Gasteiger partial charge < -0.3 is 10.2 Å². The van der Waals surface area contributed by atoms with Gasteiger partial charge in [-0.05, 0) is 41.8 Å². The number of amides is 2. The van der Waals surface area contributed by atoms with Crippen LogP contribution >= 0.6 is 0 Å². The van der Waals surface area contributed by atoms with Gasteiger partial charge in [0.1, 0.15) is 11.9 Å². The van der Waals surface area contributed by atoms with Gasteiger partial charge in [0.2, 0.25) is 12.3 Å². The van der Waals surface area contributed by atoms with Crippen LogP contribution in [-0.2, 0) is 22.4 Å². The van der Waals surface area contributed by atoms with Crippen molar-refractivity contribution < 1.29 is 14.0 Å². The standard InChI is InChI=1S/C18H20FN3O2/c1-22(13-23)17(12-15-2-4-16(19)5-3-15)18(24)21-11-8-14-6-9-20-10-7-14/h2-7,9-10,13,17H,8,11-12H2,1H3,(H,21,24)/t17-/m1/s1. The zero-order chi connectivity index (χ0) is 17.4. The maximum absolute atomic E-state index is 13.0. The Morgan fingerprint density at radius 3 is 2.50 bits per heavy atom. The van der Waals surface area contributed by atoms with E-state index >= 15 is 0 Å². The predicted molar refractivity (Wildman–Crippen MR) is 88.7 cm³/mol. The smallest absolute Gasteiger partial charge is 0.243 e. The molecule has 1 aromatic carbocycles. The molecular weight excluding hydrogens is 309 g/mol. The van der Waals surface area contributed by atoms with E-state index in [1.54, 1.807) is 31.6 Å². The molecule has 0 radical (unpaired) electrons. The van der Waals surface area contributed by atoms with Crippen LogP contribution in [0.4, 0.5) is 4.39 Å². The number of pyridine rings is 1. The van der Waals surface area contributed by atoms with Gasteiger partial charge in [-0.3, -0.25) is 14.6 Å². The van der Waals surface area contributed by atoms with Crippen LogP contribution in [0, 0.1) is 5.82 Å². The SMILES string of the molecule is CN(C=O)[C@H](Cc1ccc(F)cc1)C(=O)NCCc1ccncc1. The number of hydrogen-bond acceptors (Lipinski definition) is 3. The summed E-state index contributed by atoms with van der Waals surface area (Å²) in [5, 5.41) is 2.84. The number of rotatable bonds is 8. The maximum atomic E-state index is 13.0. The molecule has 0 aliphatic heterocycles. The fourth-order valence-corrected chi connectivity index (χ4v) is 2.34. The maximum Gasteiger partial charge on any atom is 0.243 e. The first-order valence-corrected chi connectivity index (χ1v) is 7.68. The highest BCUT2D eigenvalue weighted by atomic mass is 19.1. The zero-order valence-electron chi connectivity index (χ0n) is 13.5. The summed E-state index contributed by atoms with van der Waals surface area (Å²) in [4.78, 5) is 28.7. The van der Waals surface area contributed by atoms with Crippen molar-refractivity contribution in [3.63, 3.8) is 0 Å². The molecule has 6 heteroatoms. The second-order valence-corrected chi connectivity index (χ2v) is 5.51. The Hall–Kier alpha value is -2.76. The summed E-state index contributed by atoms with van der Waals surface area (Å²) < 4.78 is 13.0. The molecule has 2 rings (SSSR count). The number of carbonyl (C=O) groups is 2. The van der Waals surface area contributed by atoms with Crippen LogP contribution in [0.5, 0.6) is 0 Å². The molecule has 1 heterocycles. The lowest BCUT2D eigenvalue weighted by Gasteiger charge is -2.24. The number of likely N-dealkylation sites (N-methyl/N-ethyl adjacent to an activating group) is 1. The first-order chi connectivity index (χ1) is 11.6. The molecule has 0 aliphatic carbocycles. The van der Waals surface area contributed by atoms with Gasteiger partial charge in [0, 0.05) is 32.4 Å². The fourth-order valence-electron chi connectivity index (χ4n) is 2.34. The highest BCUT2D eigenvalue weighted by molar-refractivity contribution is 5.83. The van der Waals surface area contributed by atoms with E-state index in [0.717, 1.165) is 11.1 Å². The number of halogens is 1. The van der Waals surface area contributed by atoms with E-state index in [9.17, 15) is 14.0 Å². The molecule has 126 valence electrons. The number of carbonyl (C=O) groups excluding carboxylic acids is 2. The van der Waals surface area contributed by atoms with E-state index < -0.39 is 6.04 Å². The quantitative estimate of drug-likeness (QED) is 0.748. The third-order valence-corrected chi connectivity index (χ3v) is 3.77. The minimum absolute atomic E-state index is 0.233. The van der Waals surface area contributed by atoms with Crippen molar-refractivity contribution in [3.8, 4) is 0 Å². The van der Waals surface area contributed by atoms with Gasteiger partial charge in [0.25, 0.3) is 0 Å². The number of nitrogens with zero attached hydrogens (tertiary/aromatic N) is 2. The van der Waals surface area contributed by atoms with Crippen LogP contribution in [0.1, 0.15) is 11.1 Å². The van der Waals surface area contributed by atoms with Crippen molar-refractivity contribution in [3.05, 3.63) is 65.7 Å². The summed E-state index contributed by atoms with van der Waals surface area (Å²) >= 11 is 0. The van der Waals surface area contributed by atoms with Crippen LogP contribution in [0.3, 0.4) is 0 Å². The highest BCUT2D eigenvalue weighted by Crippen LogP contribution is 2.09. The van der Waals surface area contributed by atoms with Crippen molar-refractivity contribution in [2.75, 3.05) is 13.6 Å². The topological polar surface area (TPSA) is 62.3 Å². The van der Waals surface area contributed by atoms with Gasteiger partial charge in [0.15, 0.2) is 0 Å². The van der Waals surface area contributed by atoms with E-state index in [0.29, 0.717) is 25.8 Å². The molecule has 2 aromatic rings. The first-order valence-electron chi connectivity index (χ1n) is 7.68. The van der Waals surface area contributed by atoms with Gasteiger partial charge in [-0.15, -0.1) is 0 Å². The van der Waals surface area contributed by atoms with E-state index in [1.165, 1.54) is 17.0 Å². The van der Waals surface area contributed by atoms with Gasteiger partial charge >= 0.3 is 0 Å². The minimum Gasteiger partial charge on any atom is -0.354 e. The lowest BCUT2D eigenvalue weighted by Crippen LogP contribution is -2.46. The lowest BCUT2D eigenvalue weighted by atomic mass is 10.0. The minimum atomic E-state index is -0.634. The fraction of sp³-hybridized carbons (Fsp3) is 0.278. The number of aromatic nitrogens is 1. The number of hydrogen-bond donors (Lipinski definition) is 1. The molecule has 0 unspecified atom stereocenters. The van der Waals surface area contributed by atoms with Crippen LogP contribution in [0.2, 0.25) is 0 Å². The highest BCUT2D eigenvalue weighted by Gasteiger charge is 2.22. The third-order valence-electron chi connectivity index (χ3n) is 3.77. The van der Waals surface area contributed by atoms with Crippen molar-refractivity contribution >= 4 is 12.3 Å². The van der Waals surface area contributed by atoms with Crippen LogP contribution < -0.4 is 5.32 Å². The molecule has 5 nitrogen and oxygen atoms in total. The third kappa shape index (κ3) is 5.15. The van der Waals surface area contributed by atoms with E-state index in [1.807, 2.05) is 12.1 Å². The van der Waals surface area contributed by atoms with Gasteiger partial charge in [-0.25, -0.2) is 4.39 Å². The predicted octanol–water partition coefficient (Wildman–Crippen LogP) is 1.58. The first kappa shape index (κ1) is 17.6. The molecule has 24 heavy (non-hydrogen) atoms. The van der Waals surface area contributed by atoms with E-state index in [-0.39, 0.29) is 11.7 Å². The monoisotopic (exact) mass is 329 g/mol. The van der Waals surface area contributed by atoms with Crippen molar-refractivity contribution in [2.24, 2.45) is 0 Å². The summed E-state index contributed by atoms with van der Waals surface area (Å²) in [5.41, 5.74) is 1.86. The van der Waals surface area contributed by atoms with Gasteiger partial charge in [-0.1, -0.05) is 12.1 Å². The Balaban J connectivity index is 1.94. The van der Waals surface area contributed by atoms with Crippen molar-refractivity contribution in [1.29, 1.82) is 0 Å². The Morgan fingerprint density at radius 2 is 1.88 bits per heavy atom. The number of benzene rings is 1. The molecule has 0 aliphatic rings. The van der Waals surface area contributed by atoms with Crippen LogP contribution in [0.15, 0.2) is 48.8 Å². The Labute approximate surface area is 140 Å². The summed E-state index contributed by atoms with van der Waals surface area (Å²) in [6, 6.07) is 9.06. The number of nitrogens with one attached hydrogen (secondary N) is 1. The molecule has 2 amide bonds. The molecule has 0 fully saturated rings. The molecule has 0 saturated carbocycles. The van der Waals surface area contributed by atoms with Crippen LogP contribution in [-0.4, -0.2) is 41.8 Å². The second kappa shape index (κ2) is 8.76. The van der Waals surface area contributed by atoms with Crippen molar-refractivity contribution in [2.45, 2.75) is 18.9 Å². The molecule has 1 aromatic heterocycles. The zero-order valence-corrected chi connectivity index (χ0v) is 13.5. The summed E-state index contributed by atoms with van der Waals surface area (Å²) in [7, 11) is 1.56. The van der Waals surface area contributed by atoms with Crippen LogP contribution in [0.25, 0.3) is 0 Å². The van der Waals surface area contributed by atoms with Gasteiger partial charge in [-0.2, -0.15) is 0 Å². The largest absolute Gasteiger partial charge is 0.354 e. The van der Waals surface area contributed by atoms with Gasteiger partial charge in [0.05, 0.1) is 0 Å². The Bertz CT molecular complexity index is 662. The normalized spacial score (nSPS) is 11.6. The molecule has 0 bridgehead atoms. The molecular formula is C18H20FN3O2. The Kier molecular flexibility index (Phi) is 6.42. The molecule has 1 atom stereocenters. The lowest BCUT2D eigenvalue weighted by molar-refractivity contribution is -0.131. The van der Waals surface area contributed by atoms with E-state index in [2.05, 4.69) is 10.3 Å².